The summed E-state index contributed by atoms with van der Waals surface area (Å²) >= 11 is 5.94. The number of hydrogen-bond acceptors (Lipinski definition) is 3. The molecule has 1 fully saturated rings. The van der Waals surface area contributed by atoms with Crippen molar-refractivity contribution in [2.24, 2.45) is 17.0 Å². The summed E-state index contributed by atoms with van der Waals surface area (Å²) in [5.74, 6) is 0.282. The maximum Gasteiger partial charge on any atom is 0.238 e. The van der Waals surface area contributed by atoms with Crippen molar-refractivity contribution in [1.29, 1.82) is 0 Å². The summed E-state index contributed by atoms with van der Waals surface area (Å²) in [7, 11) is -3.79. The van der Waals surface area contributed by atoms with Crippen LogP contribution in [0.3, 0.4) is 0 Å². The highest BCUT2D eigenvalue weighted by Gasteiger charge is 2.32. The van der Waals surface area contributed by atoms with Gasteiger partial charge in [-0.3, -0.25) is 4.79 Å². The van der Waals surface area contributed by atoms with E-state index in [-0.39, 0.29) is 21.7 Å². The second-order valence-corrected chi connectivity index (χ2v) is 6.77. The first kappa shape index (κ1) is 14.3. The van der Waals surface area contributed by atoms with Crippen LogP contribution in [0.2, 0.25) is 5.02 Å². The number of sulfonamides is 1. The van der Waals surface area contributed by atoms with E-state index in [1.165, 1.54) is 18.2 Å². The van der Waals surface area contributed by atoms with Gasteiger partial charge in [0.15, 0.2) is 0 Å². The fourth-order valence-electron chi connectivity index (χ4n) is 1.83. The molecule has 1 amide bonds. The number of halogens is 1. The van der Waals surface area contributed by atoms with Gasteiger partial charge in [0.1, 0.15) is 0 Å². The van der Waals surface area contributed by atoms with E-state index in [1.54, 1.807) is 0 Å². The van der Waals surface area contributed by atoms with Gasteiger partial charge in [0.25, 0.3) is 0 Å². The SMILES string of the molecule is CC(C(=O)Nc1ccc(S(N)(=O)=O)cc1Cl)C1CC1. The fourth-order valence-corrected chi connectivity index (χ4v) is 2.66. The van der Waals surface area contributed by atoms with E-state index in [1.807, 2.05) is 6.92 Å². The molecule has 0 spiro atoms. The third-order valence-electron chi connectivity index (χ3n) is 3.27. The normalized spacial score (nSPS) is 17.0. The highest BCUT2D eigenvalue weighted by Crippen LogP contribution is 2.37. The van der Waals surface area contributed by atoms with E-state index in [2.05, 4.69) is 5.32 Å². The summed E-state index contributed by atoms with van der Waals surface area (Å²) in [6, 6.07) is 3.99. The van der Waals surface area contributed by atoms with Crippen molar-refractivity contribution in [3.63, 3.8) is 0 Å². The van der Waals surface area contributed by atoms with Gasteiger partial charge >= 0.3 is 0 Å². The first-order valence-corrected chi connectivity index (χ1v) is 7.84. The summed E-state index contributed by atoms with van der Waals surface area (Å²) in [6.45, 7) is 1.87. The lowest BCUT2D eigenvalue weighted by Gasteiger charge is -2.12. The molecule has 1 aliphatic rings. The van der Waals surface area contributed by atoms with Crippen molar-refractivity contribution in [3.05, 3.63) is 23.2 Å². The topological polar surface area (TPSA) is 89.3 Å². The van der Waals surface area contributed by atoms with Crippen LogP contribution in [0.1, 0.15) is 19.8 Å². The zero-order valence-corrected chi connectivity index (χ0v) is 12.0. The number of carbonyl (C=O) groups excluding carboxylic acids is 1. The molecule has 1 aromatic carbocycles. The Hall–Kier alpha value is -1.11. The predicted molar refractivity (Wildman–Crippen MR) is 73.3 cm³/mol. The largest absolute Gasteiger partial charge is 0.325 e. The highest BCUT2D eigenvalue weighted by molar-refractivity contribution is 7.89. The molecule has 19 heavy (non-hydrogen) atoms. The second kappa shape index (κ2) is 5.11. The molecule has 0 heterocycles. The molecule has 5 nitrogen and oxygen atoms in total. The third kappa shape index (κ3) is 3.46. The number of nitrogens with two attached hydrogens (primary N) is 1. The number of anilines is 1. The van der Waals surface area contributed by atoms with Crippen molar-refractivity contribution >= 4 is 33.2 Å². The van der Waals surface area contributed by atoms with E-state index in [0.717, 1.165) is 12.8 Å². The minimum absolute atomic E-state index is 0.0611. The summed E-state index contributed by atoms with van der Waals surface area (Å²) in [4.78, 5) is 11.8. The van der Waals surface area contributed by atoms with Crippen LogP contribution in [0.5, 0.6) is 0 Å². The van der Waals surface area contributed by atoms with Gasteiger partial charge in [-0.2, -0.15) is 0 Å². The van der Waals surface area contributed by atoms with Crippen LogP contribution in [0, 0.1) is 11.8 Å². The van der Waals surface area contributed by atoms with Crippen molar-refractivity contribution in [1.82, 2.24) is 0 Å². The highest BCUT2D eigenvalue weighted by atomic mass is 35.5. The molecule has 1 aromatic rings. The summed E-state index contributed by atoms with van der Waals surface area (Å²) in [5.41, 5.74) is 0.395. The molecule has 1 saturated carbocycles. The summed E-state index contributed by atoms with van der Waals surface area (Å²) in [5, 5.41) is 7.86. The Morgan fingerprint density at radius 1 is 1.47 bits per heavy atom. The van der Waals surface area contributed by atoms with Crippen LogP contribution < -0.4 is 10.5 Å². The summed E-state index contributed by atoms with van der Waals surface area (Å²) in [6.07, 6.45) is 2.15. The Morgan fingerprint density at radius 3 is 2.58 bits per heavy atom. The lowest BCUT2D eigenvalue weighted by molar-refractivity contribution is -0.119. The van der Waals surface area contributed by atoms with Gasteiger partial charge in [0.05, 0.1) is 15.6 Å². The molecule has 2 rings (SSSR count). The van der Waals surface area contributed by atoms with Crippen molar-refractivity contribution in [3.8, 4) is 0 Å². The van der Waals surface area contributed by atoms with E-state index in [0.29, 0.717) is 11.6 Å². The number of amides is 1. The molecule has 1 aliphatic carbocycles. The predicted octanol–water partition coefficient (Wildman–Crippen LogP) is 1.97. The second-order valence-electron chi connectivity index (χ2n) is 4.80. The molecule has 0 aromatic heterocycles. The smallest absolute Gasteiger partial charge is 0.238 e. The standard InChI is InChI=1S/C12H15ClN2O3S/c1-7(8-2-3-8)12(16)15-11-5-4-9(6-10(11)13)19(14,17)18/h4-8H,2-3H2,1H3,(H,15,16)(H2,14,17,18). The van der Waals surface area contributed by atoms with Crippen LogP contribution in [0.15, 0.2) is 23.1 Å². The first-order valence-electron chi connectivity index (χ1n) is 5.92. The number of carbonyl (C=O) groups is 1. The zero-order valence-electron chi connectivity index (χ0n) is 10.4. The van der Waals surface area contributed by atoms with Gasteiger partial charge in [0.2, 0.25) is 15.9 Å². The van der Waals surface area contributed by atoms with Crippen molar-refractivity contribution < 1.29 is 13.2 Å². The molecule has 0 saturated heterocycles. The molecule has 1 atom stereocenters. The number of nitrogens with one attached hydrogen (secondary N) is 1. The van der Waals surface area contributed by atoms with Gasteiger partial charge < -0.3 is 5.32 Å². The molecular formula is C12H15ClN2O3S. The molecule has 0 radical (unpaired) electrons. The maximum atomic E-state index is 11.9. The fraction of sp³-hybridized carbons (Fsp3) is 0.417. The maximum absolute atomic E-state index is 11.9. The Kier molecular flexibility index (Phi) is 3.85. The number of hydrogen-bond donors (Lipinski definition) is 2. The van der Waals surface area contributed by atoms with E-state index in [9.17, 15) is 13.2 Å². The zero-order chi connectivity index (χ0) is 14.2. The average molecular weight is 303 g/mol. The molecule has 0 aliphatic heterocycles. The van der Waals surface area contributed by atoms with Gasteiger partial charge in [-0.25, -0.2) is 13.6 Å². The van der Waals surface area contributed by atoms with Crippen molar-refractivity contribution in [2.75, 3.05) is 5.32 Å². The number of benzene rings is 1. The molecule has 1 unspecified atom stereocenters. The number of rotatable bonds is 4. The van der Waals surface area contributed by atoms with Crippen LogP contribution in [0.25, 0.3) is 0 Å². The van der Waals surface area contributed by atoms with Crippen LogP contribution >= 0.6 is 11.6 Å². The lowest BCUT2D eigenvalue weighted by atomic mass is 10.1. The van der Waals surface area contributed by atoms with Gasteiger partial charge in [-0.05, 0) is 37.0 Å². The Labute approximate surface area is 117 Å². The molecule has 7 heteroatoms. The minimum Gasteiger partial charge on any atom is -0.325 e. The third-order valence-corrected chi connectivity index (χ3v) is 4.49. The lowest BCUT2D eigenvalue weighted by Crippen LogP contribution is -2.22. The molecular weight excluding hydrogens is 288 g/mol. The van der Waals surface area contributed by atoms with Crippen LogP contribution in [-0.2, 0) is 14.8 Å². The number of primary sulfonamides is 1. The Morgan fingerprint density at radius 2 is 2.11 bits per heavy atom. The summed E-state index contributed by atoms with van der Waals surface area (Å²) < 4.78 is 22.3. The molecule has 104 valence electrons. The Bertz CT molecular complexity index is 611. The molecule has 0 bridgehead atoms. The first-order chi connectivity index (χ1) is 8.79. The van der Waals surface area contributed by atoms with Crippen molar-refractivity contribution in [2.45, 2.75) is 24.7 Å². The van der Waals surface area contributed by atoms with Gasteiger partial charge in [-0.1, -0.05) is 18.5 Å². The van der Waals surface area contributed by atoms with Crippen LogP contribution in [-0.4, -0.2) is 14.3 Å². The van der Waals surface area contributed by atoms with E-state index >= 15 is 0 Å². The quantitative estimate of drug-likeness (QED) is 0.891. The van der Waals surface area contributed by atoms with Gasteiger partial charge in [0, 0.05) is 5.92 Å². The average Bonchev–Trinajstić information content (AvgIpc) is 3.13. The minimum atomic E-state index is -3.79. The van der Waals surface area contributed by atoms with Crippen LogP contribution in [0.4, 0.5) is 5.69 Å². The Balaban J connectivity index is 2.15. The monoisotopic (exact) mass is 302 g/mol. The van der Waals surface area contributed by atoms with Gasteiger partial charge in [-0.15, -0.1) is 0 Å². The van der Waals surface area contributed by atoms with E-state index in [4.69, 9.17) is 16.7 Å². The molecule has 3 N–H and O–H groups in total. The van der Waals surface area contributed by atoms with E-state index < -0.39 is 10.0 Å².